The lowest BCUT2D eigenvalue weighted by Gasteiger charge is -2.14. The molecule has 0 unspecified atom stereocenters. The second-order valence-corrected chi connectivity index (χ2v) is 5.14. The fraction of sp³-hybridized carbons (Fsp3) is 0.0769. The molecule has 5 nitrogen and oxygen atoms in total. The number of hydrogen-bond donors (Lipinski definition) is 2. The molecule has 0 aliphatic rings. The van der Waals surface area contributed by atoms with Gasteiger partial charge in [-0.1, -0.05) is 29.8 Å². The maximum Gasteiger partial charge on any atom is 0.335 e. The summed E-state index contributed by atoms with van der Waals surface area (Å²) in [6, 6.07) is 4.72. The highest BCUT2D eigenvalue weighted by Gasteiger charge is 2.09. The van der Waals surface area contributed by atoms with Crippen molar-refractivity contribution in [2.75, 3.05) is 5.32 Å². The van der Waals surface area contributed by atoms with E-state index < -0.39 is 17.0 Å². The molecule has 1 aromatic heterocycles. The fourth-order valence-electron chi connectivity index (χ4n) is 1.69. The van der Waals surface area contributed by atoms with Crippen LogP contribution in [0.4, 0.5) is 10.1 Å². The number of hydrogen-bond acceptors (Lipinski definition) is 3. The highest BCUT2D eigenvalue weighted by Crippen LogP contribution is 2.23. The smallest absolute Gasteiger partial charge is 0.335 e. The highest BCUT2D eigenvalue weighted by molar-refractivity contribution is 6.35. The first-order valence-electron chi connectivity index (χ1n) is 5.75. The number of benzene rings is 1. The molecule has 0 amide bonds. The molecular formula is C13H11Cl2FN4O. The molecular weight excluding hydrogens is 318 g/mol. The standard InChI is InChI=1S/C13H11Cl2FN4O/c1-7(18-10-4-8(14)3-9(15)5-10)20-6-11(16)12(17)19(2)13(20)21/h3-6,17-18H,1H2,2H3. The Kier molecular flexibility index (Phi) is 4.20. The third-order valence-electron chi connectivity index (χ3n) is 2.74. The van der Waals surface area contributed by atoms with Gasteiger partial charge < -0.3 is 5.32 Å². The lowest BCUT2D eigenvalue weighted by atomic mass is 10.3. The van der Waals surface area contributed by atoms with Crippen molar-refractivity contribution >= 4 is 34.7 Å². The number of aromatic nitrogens is 2. The first-order valence-corrected chi connectivity index (χ1v) is 6.50. The Hall–Kier alpha value is -2.05. The topological polar surface area (TPSA) is 62.8 Å². The monoisotopic (exact) mass is 328 g/mol. The van der Waals surface area contributed by atoms with Gasteiger partial charge in [0.2, 0.25) is 0 Å². The summed E-state index contributed by atoms with van der Waals surface area (Å²) in [4.78, 5) is 12.0. The van der Waals surface area contributed by atoms with E-state index in [2.05, 4.69) is 11.9 Å². The second-order valence-electron chi connectivity index (χ2n) is 4.27. The van der Waals surface area contributed by atoms with Crippen LogP contribution in [0.2, 0.25) is 10.0 Å². The van der Waals surface area contributed by atoms with Crippen LogP contribution in [0.3, 0.4) is 0 Å². The normalized spacial score (nSPS) is 10.5. The molecule has 0 aliphatic carbocycles. The van der Waals surface area contributed by atoms with E-state index in [1.807, 2.05) is 0 Å². The average molecular weight is 329 g/mol. The number of halogens is 3. The molecule has 0 saturated carbocycles. The van der Waals surface area contributed by atoms with E-state index in [9.17, 15) is 9.18 Å². The molecule has 0 saturated heterocycles. The van der Waals surface area contributed by atoms with E-state index in [0.29, 0.717) is 15.7 Å². The third kappa shape index (κ3) is 3.17. The molecule has 2 rings (SSSR count). The van der Waals surface area contributed by atoms with E-state index in [1.54, 1.807) is 18.2 Å². The summed E-state index contributed by atoms with van der Waals surface area (Å²) >= 11 is 11.7. The molecule has 0 atom stereocenters. The van der Waals surface area contributed by atoms with E-state index in [-0.39, 0.29) is 5.82 Å². The summed E-state index contributed by atoms with van der Waals surface area (Å²) in [5.41, 5.74) is -0.607. The average Bonchev–Trinajstić information content (AvgIpc) is 2.39. The molecule has 1 heterocycles. The maximum atomic E-state index is 13.6. The molecule has 110 valence electrons. The number of nitrogens with one attached hydrogen (secondary N) is 2. The molecule has 0 radical (unpaired) electrons. The van der Waals surface area contributed by atoms with Crippen molar-refractivity contribution in [1.29, 1.82) is 5.41 Å². The van der Waals surface area contributed by atoms with Gasteiger partial charge in [0.25, 0.3) is 0 Å². The molecule has 0 spiro atoms. The Morgan fingerprint density at radius 1 is 1.33 bits per heavy atom. The van der Waals surface area contributed by atoms with Gasteiger partial charge in [0.1, 0.15) is 5.82 Å². The van der Waals surface area contributed by atoms with Crippen molar-refractivity contribution in [2.45, 2.75) is 0 Å². The van der Waals surface area contributed by atoms with E-state index >= 15 is 0 Å². The Labute approximate surface area is 129 Å². The van der Waals surface area contributed by atoms with Gasteiger partial charge in [0.15, 0.2) is 11.3 Å². The first-order chi connectivity index (χ1) is 9.79. The minimum absolute atomic E-state index is 0.104. The SMILES string of the molecule is C=C(Nc1cc(Cl)cc(Cl)c1)n1cc(F)c(=N)n(C)c1=O. The fourth-order valence-corrected chi connectivity index (χ4v) is 2.22. The molecule has 21 heavy (non-hydrogen) atoms. The largest absolute Gasteiger partial charge is 0.342 e. The maximum absolute atomic E-state index is 13.6. The summed E-state index contributed by atoms with van der Waals surface area (Å²) in [5, 5.41) is 11.0. The van der Waals surface area contributed by atoms with Crippen LogP contribution < -0.4 is 16.5 Å². The van der Waals surface area contributed by atoms with Crippen molar-refractivity contribution in [2.24, 2.45) is 7.05 Å². The van der Waals surface area contributed by atoms with Gasteiger partial charge in [-0.05, 0) is 18.2 Å². The molecule has 8 heteroatoms. The van der Waals surface area contributed by atoms with Crippen molar-refractivity contribution in [3.63, 3.8) is 0 Å². The molecule has 0 fully saturated rings. The minimum atomic E-state index is -0.843. The highest BCUT2D eigenvalue weighted by atomic mass is 35.5. The minimum Gasteiger partial charge on any atom is -0.342 e. The Morgan fingerprint density at radius 2 is 1.90 bits per heavy atom. The van der Waals surface area contributed by atoms with Gasteiger partial charge in [0, 0.05) is 22.8 Å². The summed E-state index contributed by atoms with van der Waals surface area (Å²) in [6.07, 6.45) is 0.895. The molecule has 1 aromatic carbocycles. The van der Waals surface area contributed by atoms with Crippen molar-refractivity contribution in [3.8, 4) is 0 Å². The van der Waals surface area contributed by atoms with Crippen LogP contribution in [-0.4, -0.2) is 9.13 Å². The summed E-state index contributed by atoms with van der Waals surface area (Å²) < 4.78 is 15.4. The summed E-state index contributed by atoms with van der Waals surface area (Å²) in [5.74, 6) is -0.739. The zero-order valence-electron chi connectivity index (χ0n) is 11.0. The Balaban J connectivity index is 2.42. The number of rotatable bonds is 3. The number of anilines is 1. The van der Waals surface area contributed by atoms with Gasteiger partial charge >= 0.3 is 5.69 Å². The van der Waals surface area contributed by atoms with Crippen molar-refractivity contribution in [1.82, 2.24) is 9.13 Å². The van der Waals surface area contributed by atoms with Crippen LogP contribution in [-0.2, 0) is 7.05 Å². The van der Waals surface area contributed by atoms with Crippen LogP contribution in [0.5, 0.6) is 0 Å². The van der Waals surface area contributed by atoms with Crippen LogP contribution >= 0.6 is 23.2 Å². The van der Waals surface area contributed by atoms with Gasteiger partial charge in [-0.25, -0.2) is 9.18 Å². The lowest BCUT2D eigenvalue weighted by Crippen LogP contribution is -2.39. The molecule has 0 bridgehead atoms. The Bertz CT molecular complexity index is 821. The summed E-state index contributed by atoms with van der Waals surface area (Å²) in [7, 11) is 1.30. The number of nitrogens with zero attached hydrogens (tertiary/aromatic N) is 2. The Morgan fingerprint density at radius 3 is 2.48 bits per heavy atom. The third-order valence-corrected chi connectivity index (χ3v) is 3.18. The predicted molar refractivity (Wildman–Crippen MR) is 80.9 cm³/mol. The second kappa shape index (κ2) is 5.75. The van der Waals surface area contributed by atoms with E-state index in [4.69, 9.17) is 28.6 Å². The summed E-state index contributed by atoms with van der Waals surface area (Å²) in [6.45, 7) is 3.68. The molecule has 2 N–H and O–H groups in total. The van der Waals surface area contributed by atoms with Crippen LogP contribution in [0, 0.1) is 11.2 Å². The van der Waals surface area contributed by atoms with Crippen molar-refractivity contribution < 1.29 is 4.39 Å². The van der Waals surface area contributed by atoms with Gasteiger partial charge in [0.05, 0.1) is 6.20 Å². The quantitative estimate of drug-likeness (QED) is 0.909. The van der Waals surface area contributed by atoms with Crippen LogP contribution in [0.15, 0.2) is 35.8 Å². The lowest BCUT2D eigenvalue weighted by molar-refractivity contribution is 0.544. The van der Waals surface area contributed by atoms with Crippen LogP contribution in [0.25, 0.3) is 5.82 Å². The van der Waals surface area contributed by atoms with Crippen molar-refractivity contribution in [3.05, 3.63) is 62.8 Å². The molecule has 2 aromatic rings. The van der Waals surface area contributed by atoms with Crippen LogP contribution in [0.1, 0.15) is 0 Å². The van der Waals surface area contributed by atoms with Gasteiger partial charge in [-0.15, -0.1) is 0 Å². The first kappa shape index (κ1) is 15.3. The van der Waals surface area contributed by atoms with Gasteiger partial charge in [-0.3, -0.25) is 14.5 Å². The van der Waals surface area contributed by atoms with Gasteiger partial charge in [-0.2, -0.15) is 0 Å². The van der Waals surface area contributed by atoms with E-state index in [1.165, 1.54) is 7.05 Å². The zero-order chi connectivity index (χ0) is 15.7. The van der Waals surface area contributed by atoms with E-state index in [0.717, 1.165) is 15.3 Å². The zero-order valence-corrected chi connectivity index (χ0v) is 12.5. The predicted octanol–water partition coefficient (Wildman–Crippen LogP) is 2.65. The molecule has 0 aliphatic heterocycles.